The van der Waals surface area contributed by atoms with Crippen LogP contribution in [0.2, 0.25) is 5.02 Å². The Bertz CT molecular complexity index is 625. The highest BCUT2D eigenvalue weighted by molar-refractivity contribution is 6.30. The molecule has 1 aromatic carbocycles. The molecule has 0 amide bonds. The number of hydrogen-bond acceptors (Lipinski definition) is 4. The standard InChI is InChI=1S/C13H15ClN4O2/c1-9(2)17-8-10(7-16-17)6-15-12-4-3-11(14)5-13(12)18(19)20/h3-5,7-9,15H,6H2,1-2H3. The zero-order valence-electron chi connectivity index (χ0n) is 11.2. The van der Waals surface area contributed by atoms with E-state index in [4.69, 9.17) is 11.6 Å². The van der Waals surface area contributed by atoms with E-state index in [9.17, 15) is 10.1 Å². The largest absolute Gasteiger partial charge is 0.375 e. The number of benzene rings is 1. The summed E-state index contributed by atoms with van der Waals surface area (Å²) in [4.78, 5) is 10.5. The lowest BCUT2D eigenvalue weighted by Crippen LogP contribution is -2.03. The fraction of sp³-hybridized carbons (Fsp3) is 0.308. The van der Waals surface area contributed by atoms with Crippen LogP contribution in [0.5, 0.6) is 0 Å². The Hall–Kier alpha value is -2.08. The van der Waals surface area contributed by atoms with Crippen LogP contribution in [0.15, 0.2) is 30.6 Å². The van der Waals surface area contributed by atoms with Gasteiger partial charge in [0.15, 0.2) is 0 Å². The number of anilines is 1. The highest BCUT2D eigenvalue weighted by atomic mass is 35.5. The van der Waals surface area contributed by atoms with Crippen LogP contribution in [-0.2, 0) is 6.54 Å². The van der Waals surface area contributed by atoms with Crippen LogP contribution < -0.4 is 5.32 Å². The number of aromatic nitrogens is 2. The van der Waals surface area contributed by atoms with Crippen LogP contribution in [0.1, 0.15) is 25.5 Å². The van der Waals surface area contributed by atoms with Crippen molar-refractivity contribution < 1.29 is 4.92 Å². The van der Waals surface area contributed by atoms with Crippen molar-refractivity contribution in [3.8, 4) is 0 Å². The average molecular weight is 295 g/mol. The van der Waals surface area contributed by atoms with Crippen LogP contribution >= 0.6 is 11.6 Å². The smallest absolute Gasteiger partial charge is 0.293 e. The van der Waals surface area contributed by atoms with Crippen molar-refractivity contribution in [1.82, 2.24) is 9.78 Å². The zero-order valence-corrected chi connectivity index (χ0v) is 12.0. The lowest BCUT2D eigenvalue weighted by atomic mass is 10.2. The quantitative estimate of drug-likeness (QED) is 0.675. The molecule has 1 heterocycles. The van der Waals surface area contributed by atoms with Crippen LogP contribution in [0.4, 0.5) is 11.4 Å². The molecule has 6 nitrogen and oxygen atoms in total. The van der Waals surface area contributed by atoms with E-state index in [1.165, 1.54) is 6.07 Å². The minimum atomic E-state index is -0.453. The first kappa shape index (κ1) is 14.3. The molecule has 0 saturated carbocycles. The molecule has 0 aliphatic heterocycles. The second-order valence-corrected chi connectivity index (χ2v) is 5.13. The minimum Gasteiger partial charge on any atom is -0.375 e. The van der Waals surface area contributed by atoms with E-state index in [0.29, 0.717) is 17.3 Å². The first-order chi connectivity index (χ1) is 9.47. The van der Waals surface area contributed by atoms with Gasteiger partial charge in [-0.3, -0.25) is 14.8 Å². The molecule has 0 fully saturated rings. The van der Waals surface area contributed by atoms with Crippen molar-refractivity contribution in [2.45, 2.75) is 26.4 Å². The van der Waals surface area contributed by atoms with E-state index in [2.05, 4.69) is 10.4 Å². The summed E-state index contributed by atoms with van der Waals surface area (Å²) in [5, 5.41) is 18.6. The summed E-state index contributed by atoms with van der Waals surface area (Å²) in [6.45, 7) is 4.54. The van der Waals surface area contributed by atoms with E-state index >= 15 is 0 Å². The third-order valence-electron chi connectivity index (χ3n) is 2.82. The van der Waals surface area contributed by atoms with E-state index < -0.39 is 4.92 Å². The molecule has 106 valence electrons. The van der Waals surface area contributed by atoms with Gasteiger partial charge in [-0.25, -0.2) is 0 Å². The van der Waals surface area contributed by atoms with Gasteiger partial charge in [0.25, 0.3) is 5.69 Å². The molecule has 2 aromatic rings. The molecular weight excluding hydrogens is 280 g/mol. The number of nitro groups is 1. The van der Waals surface area contributed by atoms with Crippen molar-refractivity contribution in [3.05, 3.63) is 51.3 Å². The lowest BCUT2D eigenvalue weighted by molar-refractivity contribution is -0.383. The monoisotopic (exact) mass is 294 g/mol. The molecule has 0 bridgehead atoms. The third-order valence-corrected chi connectivity index (χ3v) is 3.06. The number of nitro benzene ring substituents is 1. The topological polar surface area (TPSA) is 73.0 Å². The van der Waals surface area contributed by atoms with Crippen LogP contribution in [0.3, 0.4) is 0 Å². The summed E-state index contributed by atoms with van der Waals surface area (Å²) >= 11 is 5.77. The first-order valence-electron chi connectivity index (χ1n) is 6.18. The Morgan fingerprint density at radius 2 is 2.25 bits per heavy atom. The van der Waals surface area contributed by atoms with Crippen LogP contribution in [0.25, 0.3) is 0 Å². The van der Waals surface area contributed by atoms with Gasteiger partial charge in [0.05, 0.1) is 11.1 Å². The van der Waals surface area contributed by atoms with Gasteiger partial charge in [-0.15, -0.1) is 0 Å². The Morgan fingerprint density at radius 3 is 2.85 bits per heavy atom. The van der Waals surface area contributed by atoms with E-state index in [0.717, 1.165) is 5.56 Å². The maximum absolute atomic E-state index is 11.0. The molecule has 1 aromatic heterocycles. The van der Waals surface area contributed by atoms with Gasteiger partial charge in [0, 0.05) is 35.4 Å². The molecule has 0 aliphatic carbocycles. The summed E-state index contributed by atoms with van der Waals surface area (Å²) in [6, 6.07) is 4.84. The Labute approximate surface area is 121 Å². The van der Waals surface area contributed by atoms with Crippen LogP contribution in [0, 0.1) is 10.1 Å². The molecule has 7 heteroatoms. The van der Waals surface area contributed by atoms with Gasteiger partial charge >= 0.3 is 0 Å². The Kier molecular flexibility index (Phi) is 4.24. The highest BCUT2D eigenvalue weighted by Gasteiger charge is 2.14. The van der Waals surface area contributed by atoms with Crippen molar-refractivity contribution >= 4 is 23.0 Å². The number of halogens is 1. The molecule has 0 spiro atoms. The molecule has 0 atom stereocenters. The SMILES string of the molecule is CC(C)n1cc(CNc2ccc(Cl)cc2[N+](=O)[O-])cn1. The van der Waals surface area contributed by atoms with Crippen molar-refractivity contribution in [3.63, 3.8) is 0 Å². The summed E-state index contributed by atoms with van der Waals surface area (Å²) in [7, 11) is 0. The summed E-state index contributed by atoms with van der Waals surface area (Å²) in [5.41, 5.74) is 1.37. The van der Waals surface area contributed by atoms with Gasteiger partial charge < -0.3 is 5.32 Å². The number of hydrogen-bond donors (Lipinski definition) is 1. The molecule has 2 rings (SSSR count). The Balaban J connectivity index is 2.12. The molecule has 0 radical (unpaired) electrons. The molecular formula is C13H15ClN4O2. The highest BCUT2D eigenvalue weighted by Crippen LogP contribution is 2.28. The minimum absolute atomic E-state index is 0.0336. The first-order valence-corrected chi connectivity index (χ1v) is 6.56. The molecule has 20 heavy (non-hydrogen) atoms. The van der Waals surface area contributed by atoms with E-state index in [1.54, 1.807) is 18.3 Å². The van der Waals surface area contributed by atoms with Gasteiger partial charge in [-0.2, -0.15) is 5.10 Å². The normalized spacial score (nSPS) is 10.8. The summed E-state index contributed by atoms with van der Waals surface area (Å²) in [5.74, 6) is 0. The molecule has 0 saturated heterocycles. The van der Waals surface area contributed by atoms with Gasteiger partial charge in [0.2, 0.25) is 0 Å². The fourth-order valence-corrected chi connectivity index (χ4v) is 1.92. The predicted octanol–water partition coefficient (Wildman–Crippen LogP) is 3.64. The van der Waals surface area contributed by atoms with Crippen molar-refractivity contribution in [2.24, 2.45) is 0 Å². The number of nitrogens with one attached hydrogen (secondary N) is 1. The van der Waals surface area contributed by atoms with Gasteiger partial charge in [-0.05, 0) is 26.0 Å². The number of nitrogens with zero attached hydrogens (tertiary/aromatic N) is 3. The summed E-state index contributed by atoms with van der Waals surface area (Å²) in [6.07, 6.45) is 3.66. The lowest BCUT2D eigenvalue weighted by Gasteiger charge is -2.06. The Morgan fingerprint density at radius 1 is 1.50 bits per heavy atom. The maximum Gasteiger partial charge on any atom is 0.293 e. The maximum atomic E-state index is 11.0. The van der Waals surface area contributed by atoms with Crippen molar-refractivity contribution in [2.75, 3.05) is 5.32 Å². The van der Waals surface area contributed by atoms with Crippen LogP contribution in [-0.4, -0.2) is 14.7 Å². The summed E-state index contributed by atoms with van der Waals surface area (Å²) < 4.78 is 1.84. The molecule has 0 aliphatic rings. The number of rotatable bonds is 5. The van der Waals surface area contributed by atoms with Gasteiger partial charge in [0.1, 0.15) is 5.69 Å². The molecule has 0 unspecified atom stereocenters. The average Bonchev–Trinajstić information content (AvgIpc) is 2.86. The second-order valence-electron chi connectivity index (χ2n) is 4.69. The second kappa shape index (κ2) is 5.92. The third kappa shape index (κ3) is 3.27. The molecule has 1 N–H and O–H groups in total. The predicted molar refractivity (Wildman–Crippen MR) is 78.0 cm³/mol. The van der Waals surface area contributed by atoms with E-state index in [1.807, 2.05) is 24.7 Å². The fourth-order valence-electron chi connectivity index (χ4n) is 1.75. The van der Waals surface area contributed by atoms with Crippen molar-refractivity contribution in [1.29, 1.82) is 0 Å². The zero-order chi connectivity index (χ0) is 14.7. The van der Waals surface area contributed by atoms with E-state index in [-0.39, 0.29) is 11.7 Å². The van der Waals surface area contributed by atoms with Gasteiger partial charge in [-0.1, -0.05) is 11.6 Å².